The van der Waals surface area contributed by atoms with Crippen LogP contribution in [0.1, 0.15) is 57.3 Å². The molecular formula is C17H26BrN5O. The largest absolute Gasteiger partial charge is 0.337 e. The zero-order valence-corrected chi connectivity index (χ0v) is 15.8. The van der Waals surface area contributed by atoms with E-state index >= 15 is 0 Å². The minimum absolute atomic E-state index is 0.149. The highest BCUT2D eigenvalue weighted by Crippen LogP contribution is 2.29. The number of carbonyl (C=O) groups is 1. The molecule has 2 heterocycles. The van der Waals surface area contributed by atoms with Crippen molar-refractivity contribution < 1.29 is 4.79 Å². The van der Waals surface area contributed by atoms with Gasteiger partial charge in [-0.15, -0.1) is 0 Å². The summed E-state index contributed by atoms with van der Waals surface area (Å²) >= 11 is 3.31. The molecule has 2 fully saturated rings. The fraction of sp³-hybridized carbons (Fsp3) is 0.706. The van der Waals surface area contributed by atoms with E-state index in [9.17, 15) is 4.79 Å². The molecule has 1 saturated heterocycles. The lowest BCUT2D eigenvalue weighted by atomic mass is 9.89. The molecule has 2 N–H and O–H groups in total. The van der Waals surface area contributed by atoms with E-state index in [0.29, 0.717) is 11.9 Å². The Balaban J connectivity index is 1.41. The van der Waals surface area contributed by atoms with E-state index in [1.54, 1.807) is 12.4 Å². The number of nitrogens with one attached hydrogen (secondary N) is 2. The second-order valence-corrected chi connectivity index (χ2v) is 7.72. The number of hydrogen-bond donors (Lipinski definition) is 2. The number of rotatable bonds is 5. The average molecular weight is 396 g/mol. The highest BCUT2D eigenvalue weighted by atomic mass is 79.9. The third-order valence-corrected chi connectivity index (χ3v) is 5.52. The predicted octanol–water partition coefficient (Wildman–Crippen LogP) is 3.01. The Labute approximate surface area is 151 Å². The second-order valence-electron chi connectivity index (χ2n) is 6.81. The van der Waals surface area contributed by atoms with Crippen molar-refractivity contribution in [2.75, 3.05) is 13.1 Å². The van der Waals surface area contributed by atoms with Crippen molar-refractivity contribution in [1.82, 2.24) is 25.5 Å². The third-order valence-electron chi connectivity index (χ3n) is 5.11. The van der Waals surface area contributed by atoms with Crippen molar-refractivity contribution in [3.8, 4) is 0 Å². The van der Waals surface area contributed by atoms with Gasteiger partial charge in [-0.25, -0.2) is 14.8 Å². The Morgan fingerprint density at radius 2 is 2.00 bits per heavy atom. The first-order valence-electron chi connectivity index (χ1n) is 8.91. The van der Waals surface area contributed by atoms with Crippen LogP contribution in [0.3, 0.4) is 0 Å². The summed E-state index contributed by atoms with van der Waals surface area (Å²) < 4.78 is 0.829. The molecule has 1 aliphatic heterocycles. The highest BCUT2D eigenvalue weighted by Gasteiger charge is 2.34. The van der Waals surface area contributed by atoms with Gasteiger partial charge in [-0.05, 0) is 42.1 Å². The third kappa shape index (κ3) is 4.45. The van der Waals surface area contributed by atoms with Gasteiger partial charge in [-0.3, -0.25) is 4.90 Å². The highest BCUT2D eigenvalue weighted by molar-refractivity contribution is 9.10. The number of carbonyl (C=O) groups excluding carboxylic acids is 1. The second kappa shape index (κ2) is 8.25. The molecule has 2 atom stereocenters. The molecule has 6 nitrogen and oxygen atoms in total. The van der Waals surface area contributed by atoms with Crippen LogP contribution in [0.5, 0.6) is 0 Å². The Kier molecular flexibility index (Phi) is 6.05. The van der Waals surface area contributed by atoms with Crippen molar-refractivity contribution in [2.45, 2.75) is 63.6 Å². The smallest absolute Gasteiger partial charge is 0.315 e. The van der Waals surface area contributed by atoms with E-state index in [2.05, 4.69) is 41.4 Å². The standard InChI is InChI=1S/C17H26BrN5O/c1-12(16-19-9-13(18)10-20-16)22-17(24)21-11-15-7-8-23(15)14-5-3-2-4-6-14/h9-10,12,14-15H,2-8,11H2,1H3,(H2,21,22,24). The van der Waals surface area contributed by atoms with Crippen LogP contribution in [-0.2, 0) is 0 Å². The molecule has 0 aromatic carbocycles. The Morgan fingerprint density at radius 1 is 1.29 bits per heavy atom. The number of likely N-dealkylation sites (tertiary alicyclic amines) is 1. The van der Waals surface area contributed by atoms with Crippen molar-refractivity contribution in [3.05, 3.63) is 22.7 Å². The molecule has 3 rings (SSSR count). The number of aromatic nitrogens is 2. The quantitative estimate of drug-likeness (QED) is 0.803. The zero-order chi connectivity index (χ0) is 16.9. The van der Waals surface area contributed by atoms with Gasteiger partial charge in [-0.2, -0.15) is 0 Å². The normalized spacial score (nSPS) is 23.3. The van der Waals surface area contributed by atoms with Gasteiger partial charge in [0.15, 0.2) is 0 Å². The molecule has 2 amide bonds. The van der Waals surface area contributed by atoms with Crippen LogP contribution in [-0.4, -0.2) is 46.1 Å². The number of nitrogens with zero attached hydrogens (tertiary/aromatic N) is 3. The van der Waals surface area contributed by atoms with E-state index in [1.807, 2.05) is 6.92 Å². The van der Waals surface area contributed by atoms with Crippen LogP contribution >= 0.6 is 15.9 Å². The molecule has 24 heavy (non-hydrogen) atoms. The molecule has 2 unspecified atom stereocenters. The van der Waals surface area contributed by atoms with E-state index < -0.39 is 0 Å². The summed E-state index contributed by atoms with van der Waals surface area (Å²) in [5, 5.41) is 5.91. The van der Waals surface area contributed by atoms with E-state index in [4.69, 9.17) is 0 Å². The lowest BCUT2D eigenvalue weighted by molar-refractivity contribution is 0.0256. The zero-order valence-electron chi connectivity index (χ0n) is 14.2. The van der Waals surface area contributed by atoms with Gasteiger partial charge in [0.1, 0.15) is 5.82 Å². The summed E-state index contributed by atoms with van der Waals surface area (Å²) in [6.07, 6.45) is 11.3. The Hall–Kier alpha value is -1.21. The van der Waals surface area contributed by atoms with Crippen LogP contribution < -0.4 is 10.6 Å². The fourth-order valence-corrected chi connectivity index (χ4v) is 3.85. The van der Waals surface area contributed by atoms with Crippen molar-refractivity contribution >= 4 is 22.0 Å². The van der Waals surface area contributed by atoms with Gasteiger partial charge in [-0.1, -0.05) is 19.3 Å². The molecule has 1 saturated carbocycles. The maximum Gasteiger partial charge on any atom is 0.315 e. The first-order chi connectivity index (χ1) is 11.6. The summed E-state index contributed by atoms with van der Waals surface area (Å²) in [5.74, 6) is 0.612. The molecule has 0 bridgehead atoms. The summed E-state index contributed by atoms with van der Waals surface area (Å²) in [6.45, 7) is 3.79. The number of hydrogen-bond acceptors (Lipinski definition) is 4. The molecule has 1 aromatic heterocycles. The van der Waals surface area contributed by atoms with E-state index in [1.165, 1.54) is 45.1 Å². The maximum absolute atomic E-state index is 12.1. The molecule has 1 aliphatic carbocycles. The molecule has 1 aromatic rings. The predicted molar refractivity (Wildman–Crippen MR) is 96.7 cm³/mol. The monoisotopic (exact) mass is 395 g/mol. The van der Waals surface area contributed by atoms with Crippen LogP contribution in [0.25, 0.3) is 0 Å². The van der Waals surface area contributed by atoms with Gasteiger partial charge >= 0.3 is 6.03 Å². The minimum Gasteiger partial charge on any atom is -0.337 e. The van der Waals surface area contributed by atoms with Crippen LogP contribution in [0.15, 0.2) is 16.9 Å². The summed E-state index contributed by atoms with van der Waals surface area (Å²) in [6, 6.07) is 0.869. The first kappa shape index (κ1) is 17.6. The van der Waals surface area contributed by atoms with Gasteiger partial charge in [0.25, 0.3) is 0 Å². The number of amides is 2. The van der Waals surface area contributed by atoms with Crippen molar-refractivity contribution in [1.29, 1.82) is 0 Å². The fourth-order valence-electron chi connectivity index (χ4n) is 3.64. The van der Waals surface area contributed by atoms with Gasteiger partial charge < -0.3 is 10.6 Å². The summed E-state index contributed by atoms with van der Waals surface area (Å²) in [5.41, 5.74) is 0. The topological polar surface area (TPSA) is 70.2 Å². The van der Waals surface area contributed by atoms with E-state index in [-0.39, 0.29) is 12.1 Å². The lowest BCUT2D eigenvalue weighted by Gasteiger charge is -2.47. The molecule has 0 radical (unpaired) electrons. The first-order valence-corrected chi connectivity index (χ1v) is 9.70. The molecule has 7 heteroatoms. The summed E-state index contributed by atoms with van der Waals surface area (Å²) in [4.78, 5) is 23.1. The van der Waals surface area contributed by atoms with E-state index in [0.717, 1.165) is 17.1 Å². The number of urea groups is 1. The molecule has 2 aliphatic rings. The van der Waals surface area contributed by atoms with Crippen molar-refractivity contribution in [2.24, 2.45) is 0 Å². The molecule has 0 spiro atoms. The van der Waals surface area contributed by atoms with Crippen molar-refractivity contribution in [3.63, 3.8) is 0 Å². The Morgan fingerprint density at radius 3 is 2.62 bits per heavy atom. The van der Waals surface area contributed by atoms with Gasteiger partial charge in [0.05, 0.1) is 10.5 Å². The van der Waals surface area contributed by atoms with Gasteiger partial charge in [0, 0.05) is 37.6 Å². The Bertz CT molecular complexity index is 546. The average Bonchev–Trinajstić information content (AvgIpc) is 2.55. The lowest BCUT2D eigenvalue weighted by Crippen LogP contribution is -2.58. The molecule has 132 valence electrons. The molecular weight excluding hydrogens is 370 g/mol. The SMILES string of the molecule is CC(NC(=O)NCC1CCN1C1CCCCC1)c1ncc(Br)cn1. The van der Waals surface area contributed by atoms with Crippen LogP contribution in [0.2, 0.25) is 0 Å². The van der Waals surface area contributed by atoms with Gasteiger partial charge in [0.2, 0.25) is 0 Å². The minimum atomic E-state index is -0.214. The number of halogens is 1. The maximum atomic E-state index is 12.1. The summed E-state index contributed by atoms with van der Waals surface area (Å²) in [7, 11) is 0. The van der Waals surface area contributed by atoms with Crippen LogP contribution in [0, 0.1) is 0 Å². The van der Waals surface area contributed by atoms with Crippen LogP contribution in [0.4, 0.5) is 4.79 Å².